The van der Waals surface area contributed by atoms with Gasteiger partial charge in [-0.2, -0.15) is 0 Å². The normalized spacial score (nSPS) is 11.4. The topological polar surface area (TPSA) is 101 Å². The lowest BCUT2D eigenvalue weighted by atomic mass is 10.0. The number of aromatic amines is 1. The van der Waals surface area contributed by atoms with Crippen LogP contribution in [0.2, 0.25) is 0 Å². The molecule has 0 aliphatic heterocycles. The van der Waals surface area contributed by atoms with Crippen molar-refractivity contribution in [3.8, 4) is 0 Å². The SMILES string of the molecule is CCCn1c(=O)[nH]c(=O)c2c(C(=O)N(Cc3ccco3)Cc3ccc(C)s3)cc(C(C)C)nc21. The molecule has 34 heavy (non-hydrogen) atoms. The van der Waals surface area contributed by atoms with E-state index in [-0.39, 0.29) is 35.0 Å². The fraction of sp³-hybridized carbons (Fsp3) is 0.360. The predicted octanol–water partition coefficient (Wildman–Crippen LogP) is 4.42. The quantitative estimate of drug-likeness (QED) is 0.402. The summed E-state index contributed by atoms with van der Waals surface area (Å²) < 4.78 is 6.96. The number of carbonyl (C=O) groups excluding carboxylic acids is 1. The minimum absolute atomic E-state index is 0.00103. The van der Waals surface area contributed by atoms with Crippen molar-refractivity contribution in [2.45, 2.75) is 59.7 Å². The van der Waals surface area contributed by atoms with E-state index in [0.29, 0.717) is 31.0 Å². The van der Waals surface area contributed by atoms with Gasteiger partial charge in [-0.3, -0.25) is 19.1 Å². The second-order valence-corrected chi connectivity index (χ2v) is 9.98. The first kappa shape index (κ1) is 23.7. The molecule has 0 fully saturated rings. The minimum Gasteiger partial charge on any atom is -0.467 e. The number of carbonyl (C=O) groups is 1. The number of furan rings is 1. The number of thiophene rings is 1. The van der Waals surface area contributed by atoms with Gasteiger partial charge in [0.2, 0.25) is 0 Å². The molecule has 4 heterocycles. The summed E-state index contributed by atoms with van der Waals surface area (Å²) in [6.45, 7) is 8.89. The van der Waals surface area contributed by atoms with Crippen LogP contribution in [0.25, 0.3) is 11.0 Å². The Balaban J connectivity index is 1.90. The van der Waals surface area contributed by atoms with Crippen molar-refractivity contribution in [1.82, 2.24) is 19.4 Å². The summed E-state index contributed by atoms with van der Waals surface area (Å²) in [6.07, 6.45) is 2.25. The lowest BCUT2D eigenvalue weighted by Crippen LogP contribution is -2.35. The Labute approximate surface area is 200 Å². The van der Waals surface area contributed by atoms with Gasteiger partial charge in [0.25, 0.3) is 11.5 Å². The van der Waals surface area contributed by atoms with Gasteiger partial charge >= 0.3 is 5.69 Å². The Morgan fingerprint density at radius 1 is 1.24 bits per heavy atom. The van der Waals surface area contributed by atoms with Crippen LogP contribution in [0, 0.1) is 6.92 Å². The van der Waals surface area contributed by atoms with Crippen molar-refractivity contribution in [2.24, 2.45) is 0 Å². The summed E-state index contributed by atoms with van der Waals surface area (Å²) in [5.74, 6) is 0.323. The summed E-state index contributed by atoms with van der Waals surface area (Å²) in [4.78, 5) is 50.4. The number of hydrogen-bond acceptors (Lipinski definition) is 6. The lowest BCUT2D eigenvalue weighted by Gasteiger charge is -2.23. The molecule has 1 amide bonds. The van der Waals surface area contributed by atoms with E-state index in [1.807, 2.05) is 45.9 Å². The molecule has 4 aromatic heterocycles. The van der Waals surface area contributed by atoms with Crippen LogP contribution in [0.3, 0.4) is 0 Å². The van der Waals surface area contributed by atoms with Gasteiger partial charge in [0.1, 0.15) is 5.76 Å². The second kappa shape index (κ2) is 9.80. The smallest absolute Gasteiger partial charge is 0.329 e. The summed E-state index contributed by atoms with van der Waals surface area (Å²) in [6, 6.07) is 9.29. The average Bonchev–Trinajstić information content (AvgIpc) is 3.46. The highest BCUT2D eigenvalue weighted by Crippen LogP contribution is 2.24. The molecule has 0 unspecified atom stereocenters. The molecule has 1 N–H and O–H groups in total. The van der Waals surface area contributed by atoms with Crippen LogP contribution < -0.4 is 11.2 Å². The van der Waals surface area contributed by atoms with Gasteiger partial charge in [-0.15, -0.1) is 11.3 Å². The minimum atomic E-state index is -0.608. The van der Waals surface area contributed by atoms with Crippen LogP contribution in [0.5, 0.6) is 0 Å². The zero-order chi connectivity index (χ0) is 24.4. The maximum absolute atomic E-state index is 14.0. The Morgan fingerprint density at radius 2 is 2.03 bits per heavy atom. The largest absolute Gasteiger partial charge is 0.467 e. The maximum atomic E-state index is 14.0. The van der Waals surface area contributed by atoms with E-state index in [9.17, 15) is 14.4 Å². The molecule has 0 aliphatic carbocycles. The Morgan fingerprint density at radius 3 is 2.65 bits per heavy atom. The van der Waals surface area contributed by atoms with E-state index in [4.69, 9.17) is 4.42 Å². The molecule has 178 valence electrons. The molecule has 0 saturated heterocycles. The van der Waals surface area contributed by atoms with Crippen LogP contribution in [0.4, 0.5) is 0 Å². The van der Waals surface area contributed by atoms with Gasteiger partial charge < -0.3 is 9.32 Å². The molecule has 0 atom stereocenters. The molecule has 9 heteroatoms. The molecular weight excluding hydrogens is 452 g/mol. The molecule has 0 radical (unpaired) electrons. The molecule has 0 aromatic carbocycles. The standard InChI is InChI=1S/C25H28N4O4S/c1-5-10-29-22-21(23(30)27-25(29)32)19(12-20(26-22)15(2)3)24(31)28(13-17-7-6-11-33-17)14-18-9-8-16(4)34-18/h6-9,11-12,15H,5,10,13-14H2,1-4H3,(H,27,30,32). The van der Waals surface area contributed by atoms with Gasteiger partial charge in [0, 0.05) is 22.0 Å². The van der Waals surface area contributed by atoms with E-state index in [2.05, 4.69) is 9.97 Å². The van der Waals surface area contributed by atoms with E-state index < -0.39 is 11.2 Å². The van der Waals surface area contributed by atoms with Crippen LogP contribution in [0.15, 0.2) is 50.6 Å². The zero-order valence-corrected chi connectivity index (χ0v) is 20.6. The number of amides is 1. The number of nitrogens with zero attached hydrogens (tertiary/aromatic N) is 3. The molecular formula is C25H28N4O4S. The zero-order valence-electron chi connectivity index (χ0n) is 19.8. The van der Waals surface area contributed by atoms with Gasteiger partial charge in [-0.1, -0.05) is 20.8 Å². The fourth-order valence-electron chi connectivity index (χ4n) is 3.91. The molecule has 0 saturated carbocycles. The van der Waals surface area contributed by atoms with Gasteiger partial charge in [0.05, 0.1) is 30.3 Å². The van der Waals surface area contributed by atoms with Gasteiger partial charge in [0.15, 0.2) is 5.65 Å². The number of pyridine rings is 1. The molecule has 0 bridgehead atoms. The third-order valence-corrected chi connectivity index (χ3v) is 6.58. The highest BCUT2D eigenvalue weighted by molar-refractivity contribution is 7.11. The van der Waals surface area contributed by atoms with Crippen LogP contribution in [-0.4, -0.2) is 25.3 Å². The average molecular weight is 481 g/mol. The third kappa shape index (κ3) is 4.75. The predicted molar refractivity (Wildman–Crippen MR) is 132 cm³/mol. The number of H-pyrrole nitrogens is 1. The van der Waals surface area contributed by atoms with E-state index in [0.717, 1.165) is 9.75 Å². The first-order valence-corrected chi connectivity index (χ1v) is 12.1. The van der Waals surface area contributed by atoms with Gasteiger partial charge in [-0.05, 0) is 49.6 Å². The number of rotatable bonds is 8. The number of hydrogen-bond donors (Lipinski definition) is 1. The summed E-state index contributed by atoms with van der Waals surface area (Å²) in [5, 5.41) is 0.134. The van der Waals surface area contributed by atoms with Gasteiger partial charge in [-0.25, -0.2) is 9.78 Å². The van der Waals surface area contributed by atoms with Crippen molar-refractivity contribution < 1.29 is 9.21 Å². The molecule has 0 spiro atoms. The summed E-state index contributed by atoms with van der Waals surface area (Å²) >= 11 is 1.62. The first-order valence-electron chi connectivity index (χ1n) is 11.3. The van der Waals surface area contributed by atoms with Crippen molar-refractivity contribution >= 4 is 28.3 Å². The molecule has 4 aromatic rings. The number of aryl methyl sites for hydroxylation is 2. The van der Waals surface area contributed by atoms with Crippen LogP contribution in [0.1, 0.15) is 64.7 Å². The molecule has 4 rings (SSSR count). The fourth-order valence-corrected chi connectivity index (χ4v) is 4.81. The Kier molecular flexibility index (Phi) is 6.83. The van der Waals surface area contributed by atoms with E-state index in [1.54, 1.807) is 34.6 Å². The monoisotopic (exact) mass is 480 g/mol. The highest BCUT2D eigenvalue weighted by atomic mass is 32.1. The molecule has 8 nitrogen and oxygen atoms in total. The highest BCUT2D eigenvalue weighted by Gasteiger charge is 2.25. The number of aromatic nitrogens is 3. The number of nitrogens with one attached hydrogen (secondary N) is 1. The van der Waals surface area contributed by atoms with Crippen LogP contribution >= 0.6 is 11.3 Å². The maximum Gasteiger partial charge on any atom is 0.329 e. The van der Waals surface area contributed by atoms with E-state index >= 15 is 0 Å². The Bertz CT molecular complexity index is 1430. The molecule has 0 aliphatic rings. The van der Waals surface area contributed by atoms with Crippen molar-refractivity contribution in [1.29, 1.82) is 0 Å². The van der Waals surface area contributed by atoms with E-state index in [1.165, 1.54) is 4.57 Å². The summed E-state index contributed by atoms with van der Waals surface area (Å²) in [7, 11) is 0. The van der Waals surface area contributed by atoms with Crippen molar-refractivity contribution in [3.63, 3.8) is 0 Å². The lowest BCUT2D eigenvalue weighted by molar-refractivity contribution is 0.0721. The van der Waals surface area contributed by atoms with Crippen molar-refractivity contribution in [3.05, 3.63) is 84.2 Å². The first-order chi connectivity index (χ1) is 16.3. The summed E-state index contributed by atoms with van der Waals surface area (Å²) in [5.41, 5.74) is 0.00130. The Hall–Kier alpha value is -3.46. The number of fused-ring (bicyclic) bond motifs is 1. The second-order valence-electron chi connectivity index (χ2n) is 8.61. The third-order valence-electron chi connectivity index (χ3n) is 5.59. The van der Waals surface area contributed by atoms with Crippen molar-refractivity contribution in [2.75, 3.05) is 0 Å². The van der Waals surface area contributed by atoms with Crippen LogP contribution in [-0.2, 0) is 19.6 Å².